The summed E-state index contributed by atoms with van der Waals surface area (Å²) in [5.74, 6) is -1.02. The lowest BCUT2D eigenvalue weighted by Crippen LogP contribution is -2.56. The highest BCUT2D eigenvalue weighted by molar-refractivity contribution is 6.07. The monoisotopic (exact) mass is 337 g/mol. The van der Waals surface area contributed by atoms with E-state index in [2.05, 4.69) is 10.1 Å². The second-order valence-electron chi connectivity index (χ2n) is 5.77. The summed E-state index contributed by atoms with van der Waals surface area (Å²) in [7, 11) is 0. The number of benzene rings is 1. The van der Waals surface area contributed by atoms with E-state index in [1.54, 1.807) is 31.2 Å². The molecule has 0 unspecified atom stereocenters. The van der Waals surface area contributed by atoms with Crippen LogP contribution in [0.5, 0.6) is 0 Å². The summed E-state index contributed by atoms with van der Waals surface area (Å²) < 4.78 is 39.9. The van der Waals surface area contributed by atoms with Crippen LogP contribution in [-0.2, 0) is 0 Å². The van der Waals surface area contributed by atoms with E-state index in [4.69, 9.17) is 0 Å². The molecule has 5 nitrogen and oxygen atoms in total. The lowest BCUT2D eigenvalue weighted by Gasteiger charge is -2.32. The maximum Gasteiger partial charge on any atom is 0.438 e. The summed E-state index contributed by atoms with van der Waals surface area (Å²) in [6.45, 7) is 2.97. The van der Waals surface area contributed by atoms with Gasteiger partial charge in [0.1, 0.15) is 0 Å². The predicted octanol–water partition coefficient (Wildman–Crippen LogP) is 3.02. The van der Waals surface area contributed by atoms with Crippen LogP contribution in [0.25, 0.3) is 10.9 Å². The molecule has 0 aliphatic carbocycles. The number of carbonyl (C=O) groups is 1. The molecule has 0 spiro atoms. The lowest BCUT2D eigenvalue weighted by molar-refractivity contribution is -0.297. The van der Waals surface area contributed by atoms with Gasteiger partial charge in [0.05, 0.1) is 11.1 Å². The van der Waals surface area contributed by atoms with Crippen LogP contribution in [0.4, 0.5) is 13.2 Å². The molecule has 2 heterocycles. The van der Waals surface area contributed by atoms with Gasteiger partial charge in [0.2, 0.25) is 0 Å². The van der Waals surface area contributed by atoms with Gasteiger partial charge in [-0.05, 0) is 26.0 Å². The van der Waals surface area contributed by atoms with Crippen LogP contribution in [0.1, 0.15) is 29.4 Å². The normalized spacial score (nSPS) is 21.2. The molecule has 1 amide bonds. The van der Waals surface area contributed by atoms with E-state index in [1.165, 1.54) is 13.0 Å². The first-order valence-electron chi connectivity index (χ1n) is 7.17. The minimum absolute atomic E-state index is 0.0132. The van der Waals surface area contributed by atoms with Gasteiger partial charge in [0, 0.05) is 23.2 Å². The lowest BCUT2D eigenvalue weighted by atomic mass is 10.0. The molecule has 0 saturated heterocycles. The number of pyridine rings is 1. The molecule has 2 aromatic rings. The Kier molecular flexibility index (Phi) is 3.60. The van der Waals surface area contributed by atoms with Gasteiger partial charge in [-0.1, -0.05) is 18.2 Å². The van der Waals surface area contributed by atoms with Crippen LogP contribution in [0.2, 0.25) is 0 Å². The Morgan fingerprint density at radius 3 is 2.62 bits per heavy atom. The van der Waals surface area contributed by atoms with Crippen LogP contribution in [0.3, 0.4) is 0 Å². The van der Waals surface area contributed by atoms with Crippen LogP contribution >= 0.6 is 0 Å². The van der Waals surface area contributed by atoms with Gasteiger partial charge >= 0.3 is 6.18 Å². The fourth-order valence-electron chi connectivity index (χ4n) is 2.75. The van der Waals surface area contributed by atoms with E-state index >= 15 is 0 Å². The second-order valence-corrected chi connectivity index (χ2v) is 5.77. The highest BCUT2D eigenvalue weighted by Crippen LogP contribution is 2.41. The summed E-state index contributed by atoms with van der Waals surface area (Å²) in [5, 5.41) is 14.2. The Hall–Kier alpha value is -2.48. The van der Waals surface area contributed by atoms with Crippen LogP contribution in [-0.4, -0.2) is 38.6 Å². The standard InChI is InChI=1S/C16H14F3N3O2/c1-9-7-12(11-5-3-4-6-13(11)20-9)14(23)22-15(24,16(17,18)19)8-10(2)21-22/h3-7,24H,8H2,1-2H3/t15-/m0/s1. The third-order valence-corrected chi connectivity index (χ3v) is 3.84. The molecule has 0 fully saturated rings. The Balaban J connectivity index is 2.15. The quantitative estimate of drug-likeness (QED) is 0.870. The van der Waals surface area contributed by atoms with Crippen molar-refractivity contribution in [3.8, 4) is 0 Å². The van der Waals surface area contributed by atoms with Gasteiger partial charge in [-0.15, -0.1) is 0 Å². The SMILES string of the molecule is CC1=NN(C(=O)c2cc(C)nc3ccccc23)[C@@](O)(C(F)(F)F)C1. The number of halogens is 3. The van der Waals surface area contributed by atoms with Crippen molar-refractivity contribution in [3.63, 3.8) is 0 Å². The van der Waals surface area contributed by atoms with Crippen molar-refractivity contribution in [2.75, 3.05) is 0 Å². The molecule has 0 saturated carbocycles. The van der Waals surface area contributed by atoms with E-state index in [0.29, 0.717) is 16.6 Å². The molecule has 0 bridgehead atoms. The highest BCUT2D eigenvalue weighted by Gasteiger charge is 2.62. The Bertz CT molecular complexity index is 863. The van der Waals surface area contributed by atoms with Crippen LogP contribution in [0.15, 0.2) is 35.4 Å². The van der Waals surface area contributed by atoms with Gasteiger partial charge in [-0.3, -0.25) is 9.78 Å². The van der Waals surface area contributed by atoms with E-state index in [9.17, 15) is 23.1 Å². The van der Waals surface area contributed by atoms with Crippen molar-refractivity contribution in [2.45, 2.75) is 32.2 Å². The number of para-hydroxylation sites is 1. The molecular weight excluding hydrogens is 323 g/mol. The van der Waals surface area contributed by atoms with Gasteiger partial charge in [0.25, 0.3) is 11.6 Å². The van der Waals surface area contributed by atoms with Gasteiger partial charge in [0.15, 0.2) is 0 Å². The third kappa shape index (κ3) is 2.43. The van der Waals surface area contributed by atoms with Crippen LogP contribution < -0.4 is 0 Å². The summed E-state index contributed by atoms with van der Waals surface area (Å²) in [6, 6.07) is 8.02. The smallest absolute Gasteiger partial charge is 0.362 e. The molecular formula is C16H14F3N3O2. The van der Waals surface area contributed by atoms with Crippen molar-refractivity contribution in [3.05, 3.63) is 41.6 Å². The van der Waals surface area contributed by atoms with Crippen molar-refractivity contribution in [1.82, 2.24) is 9.99 Å². The number of hydrogen-bond donors (Lipinski definition) is 1. The number of nitrogens with zero attached hydrogens (tertiary/aromatic N) is 3. The maximum atomic E-state index is 13.3. The number of aromatic nitrogens is 1. The summed E-state index contributed by atoms with van der Waals surface area (Å²) >= 11 is 0. The van der Waals surface area contributed by atoms with Crippen molar-refractivity contribution < 1.29 is 23.1 Å². The number of alkyl halides is 3. The zero-order chi connectivity index (χ0) is 17.7. The topological polar surface area (TPSA) is 65.8 Å². The minimum Gasteiger partial charge on any atom is -0.362 e. The fraction of sp³-hybridized carbons (Fsp3) is 0.312. The number of carbonyl (C=O) groups excluding carboxylic acids is 1. The predicted molar refractivity (Wildman–Crippen MR) is 81.4 cm³/mol. The third-order valence-electron chi connectivity index (χ3n) is 3.84. The molecule has 1 aromatic heterocycles. The van der Waals surface area contributed by atoms with E-state index < -0.39 is 24.2 Å². The maximum absolute atomic E-state index is 13.3. The number of amides is 1. The summed E-state index contributed by atoms with van der Waals surface area (Å²) in [5.41, 5.74) is -2.34. The molecule has 1 aliphatic rings. The molecule has 1 atom stereocenters. The van der Waals surface area contributed by atoms with Gasteiger partial charge in [-0.2, -0.15) is 23.3 Å². The second kappa shape index (κ2) is 5.27. The number of aliphatic hydroxyl groups is 1. The van der Waals surface area contributed by atoms with Crippen molar-refractivity contribution >= 4 is 22.5 Å². The highest BCUT2D eigenvalue weighted by atomic mass is 19.4. The van der Waals surface area contributed by atoms with Gasteiger partial charge < -0.3 is 5.11 Å². The molecule has 1 aromatic carbocycles. The zero-order valence-corrected chi connectivity index (χ0v) is 12.9. The Morgan fingerprint density at radius 1 is 1.29 bits per heavy atom. The summed E-state index contributed by atoms with van der Waals surface area (Å²) in [4.78, 5) is 17.0. The number of fused-ring (bicyclic) bond motifs is 1. The molecule has 24 heavy (non-hydrogen) atoms. The van der Waals surface area contributed by atoms with E-state index in [1.807, 2.05) is 0 Å². The fourth-order valence-corrected chi connectivity index (χ4v) is 2.75. The average Bonchev–Trinajstić information content (AvgIpc) is 2.81. The van der Waals surface area contributed by atoms with Crippen molar-refractivity contribution in [2.24, 2.45) is 5.10 Å². The number of hydrazone groups is 1. The molecule has 3 rings (SSSR count). The largest absolute Gasteiger partial charge is 0.438 e. The summed E-state index contributed by atoms with van der Waals surface area (Å²) in [6.07, 6.45) is -5.80. The van der Waals surface area contributed by atoms with E-state index in [0.717, 1.165) is 0 Å². The zero-order valence-electron chi connectivity index (χ0n) is 12.9. The number of hydrogen-bond acceptors (Lipinski definition) is 4. The molecule has 1 N–H and O–H groups in total. The molecule has 8 heteroatoms. The van der Waals surface area contributed by atoms with Crippen LogP contribution in [0, 0.1) is 6.92 Å². The van der Waals surface area contributed by atoms with Gasteiger partial charge in [-0.25, -0.2) is 0 Å². The Labute approximate surface area is 135 Å². The first kappa shape index (κ1) is 16.4. The first-order chi connectivity index (χ1) is 11.1. The average molecular weight is 337 g/mol. The number of aryl methyl sites for hydroxylation is 1. The minimum atomic E-state index is -5.03. The van der Waals surface area contributed by atoms with Crippen molar-refractivity contribution in [1.29, 1.82) is 0 Å². The van der Waals surface area contributed by atoms with E-state index in [-0.39, 0.29) is 16.3 Å². The molecule has 1 aliphatic heterocycles. The Morgan fingerprint density at radius 2 is 1.96 bits per heavy atom. The number of rotatable bonds is 1. The molecule has 0 radical (unpaired) electrons. The molecule has 126 valence electrons. The first-order valence-corrected chi connectivity index (χ1v) is 7.17.